The summed E-state index contributed by atoms with van der Waals surface area (Å²) < 4.78 is 31.8. The van der Waals surface area contributed by atoms with Crippen LogP contribution >= 0.6 is 0 Å². The van der Waals surface area contributed by atoms with Gasteiger partial charge in [0.05, 0.1) is 12.5 Å². The van der Waals surface area contributed by atoms with Gasteiger partial charge in [-0.05, 0) is 25.0 Å². The second-order valence-electron chi connectivity index (χ2n) is 4.71. The number of benzene rings is 1. The van der Waals surface area contributed by atoms with E-state index in [1.165, 1.54) is 0 Å². The number of halogens is 2. The van der Waals surface area contributed by atoms with Crippen LogP contribution in [0.1, 0.15) is 23.2 Å². The minimum Gasteiger partial charge on any atom is -0.493 e. The molecular formula is C13H13F2NO4. The molecule has 0 radical (unpaired) electrons. The molecule has 1 aliphatic rings. The normalized spacial score (nSPS) is 15.6. The first-order valence-electron chi connectivity index (χ1n) is 5.95. The molecule has 1 aliphatic carbocycles. The Morgan fingerprint density at radius 2 is 1.95 bits per heavy atom. The van der Waals surface area contributed by atoms with Crippen molar-refractivity contribution in [1.82, 2.24) is 5.32 Å². The van der Waals surface area contributed by atoms with E-state index in [2.05, 4.69) is 10.1 Å². The van der Waals surface area contributed by atoms with Crippen LogP contribution in [0.25, 0.3) is 0 Å². The van der Waals surface area contributed by atoms with Crippen molar-refractivity contribution >= 4 is 11.9 Å². The zero-order valence-electron chi connectivity index (χ0n) is 10.7. The minimum atomic E-state index is -1.01. The van der Waals surface area contributed by atoms with Crippen LogP contribution in [-0.4, -0.2) is 30.6 Å². The highest BCUT2D eigenvalue weighted by Gasteiger charge is 2.50. The summed E-state index contributed by atoms with van der Waals surface area (Å²) in [4.78, 5) is 22.9. The Kier molecular flexibility index (Phi) is 3.61. The van der Waals surface area contributed by atoms with E-state index in [4.69, 9.17) is 5.11 Å². The molecule has 7 heteroatoms. The highest BCUT2D eigenvalue weighted by atomic mass is 19.1. The fraction of sp³-hybridized carbons (Fsp3) is 0.385. The number of carboxylic acids is 1. The van der Waals surface area contributed by atoms with Gasteiger partial charge in [-0.25, -0.2) is 8.78 Å². The van der Waals surface area contributed by atoms with Gasteiger partial charge in [0.15, 0.2) is 11.6 Å². The summed E-state index contributed by atoms with van der Waals surface area (Å²) in [6.45, 7) is -0.125. The molecule has 0 heterocycles. The fourth-order valence-corrected chi connectivity index (χ4v) is 1.90. The number of hydrogen-bond donors (Lipinski definition) is 2. The van der Waals surface area contributed by atoms with E-state index >= 15 is 0 Å². The molecule has 1 saturated carbocycles. The van der Waals surface area contributed by atoms with Crippen LogP contribution in [-0.2, 0) is 4.79 Å². The molecule has 1 fully saturated rings. The van der Waals surface area contributed by atoms with Gasteiger partial charge in [0.1, 0.15) is 11.4 Å². The lowest BCUT2D eigenvalue weighted by molar-refractivity contribution is -0.143. The number of nitrogens with one attached hydrogen (secondary N) is 1. The zero-order chi connectivity index (χ0) is 14.9. The number of methoxy groups -OCH3 is 1. The zero-order valence-corrected chi connectivity index (χ0v) is 10.7. The van der Waals surface area contributed by atoms with Crippen molar-refractivity contribution in [3.63, 3.8) is 0 Å². The summed E-state index contributed by atoms with van der Waals surface area (Å²) in [5, 5.41) is 11.3. The number of hydrogen-bond acceptors (Lipinski definition) is 3. The van der Waals surface area contributed by atoms with Crippen LogP contribution in [0.2, 0.25) is 0 Å². The Labute approximate surface area is 113 Å². The van der Waals surface area contributed by atoms with Crippen LogP contribution in [0.5, 0.6) is 5.75 Å². The van der Waals surface area contributed by atoms with Crippen molar-refractivity contribution in [1.29, 1.82) is 0 Å². The molecule has 0 unspecified atom stereocenters. The third-order valence-corrected chi connectivity index (χ3v) is 3.38. The van der Waals surface area contributed by atoms with E-state index in [1.807, 2.05) is 0 Å². The van der Waals surface area contributed by atoms with E-state index in [-0.39, 0.29) is 6.54 Å². The van der Waals surface area contributed by atoms with Crippen LogP contribution < -0.4 is 10.1 Å². The standard InChI is InChI=1S/C13H13F2NO4/c1-20-10-8(15)3-2-7(14)9(10)11(17)16-6-13(4-5-13)12(18)19/h2-3H,4-6H2,1H3,(H,16,17)(H,18,19). The molecule has 1 amide bonds. The second kappa shape index (κ2) is 5.07. The molecule has 108 valence electrons. The largest absolute Gasteiger partial charge is 0.493 e. The van der Waals surface area contributed by atoms with Gasteiger partial charge in [-0.3, -0.25) is 9.59 Å². The van der Waals surface area contributed by atoms with Crippen LogP contribution in [0.3, 0.4) is 0 Å². The summed E-state index contributed by atoms with van der Waals surface area (Å²) in [6, 6.07) is 1.67. The van der Waals surface area contributed by atoms with Gasteiger partial charge in [0.25, 0.3) is 5.91 Å². The topological polar surface area (TPSA) is 75.6 Å². The van der Waals surface area contributed by atoms with Crippen molar-refractivity contribution in [2.45, 2.75) is 12.8 Å². The number of carbonyl (C=O) groups excluding carboxylic acids is 1. The maximum atomic E-state index is 13.6. The molecule has 0 atom stereocenters. The van der Waals surface area contributed by atoms with Gasteiger partial charge in [-0.15, -0.1) is 0 Å². The number of ether oxygens (including phenoxy) is 1. The van der Waals surface area contributed by atoms with E-state index in [0.29, 0.717) is 12.8 Å². The third-order valence-electron chi connectivity index (χ3n) is 3.38. The first kappa shape index (κ1) is 14.2. The third kappa shape index (κ3) is 2.43. The predicted octanol–water partition coefficient (Wildman–Crippen LogP) is 1.57. The summed E-state index contributed by atoms with van der Waals surface area (Å²) in [6.07, 6.45) is 0.900. The van der Waals surface area contributed by atoms with Gasteiger partial charge in [0, 0.05) is 6.54 Å². The monoisotopic (exact) mass is 285 g/mol. The molecule has 2 N–H and O–H groups in total. The smallest absolute Gasteiger partial charge is 0.311 e. The molecule has 20 heavy (non-hydrogen) atoms. The highest BCUT2D eigenvalue weighted by Crippen LogP contribution is 2.45. The molecule has 1 aromatic rings. The predicted molar refractivity (Wildman–Crippen MR) is 64.5 cm³/mol. The Morgan fingerprint density at radius 3 is 2.45 bits per heavy atom. The molecule has 0 bridgehead atoms. The fourth-order valence-electron chi connectivity index (χ4n) is 1.90. The van der Waals surface area contributed by atoms with E-state index < -0.39 is 40.2 Å². The van der Waals surface area contributed by atoms with Crippen LogP contribution in [0, 0.1) is 17.0 Å². The quantitative estimate of drug-likeness (QED) is 0.861. The molecule has 0 saturated heterocycles. The van der Waals surface area contributed by atoms with Gasteiger partial charge < -0.3 is 15.2 Å². The first-order chi connectivity index (χ1) is 9.41. The molecule has 0 aromatic heterocycles. The average molecular weight is 285 g/mol. The Hall–Kier alpha value is -2.18. The van der Waals surface area contributed by atoms with Crippen molar-refractivity contribution in [3.05, 3.63) is 29.3 Å². The molecule has 1 aromatic carbocycles. The summed E-state index contributed by atoms with van der Waals surface area (Å²) in [5.41, 5.74) is -1.54. The summed E-state index contributed by atoms with van der Waals surface area (Å²) in [5.74, 6) is -4.20. The van der Waals surface area contributed by atoms with Gasteiger partial charge in [-0.2, -0.15) is 0 Å². The molecule has 5 nitrogen and oxygen atoms in total. The molecule has 2 rings (SSSR count). The van der Waals surface area contributed by atoms with Crippen molar-refractivity contribution < 1.29 is 28.2 Å². The average Bonchev–Trinajstić information content (AvgIpc) is 3.19. The number of carbonyl (C=O) groups is 2. The Bertz CT molecular complexity index is 570. The maximum Gasteiger partial charge on any atom is 0.311 e. The van der Waals surface area contributed by atoms with E-state index in [9.17, 15) is 18.4 Å². The van der Waals surface area contributed by atoms with Gasteiger partial charge in [-0.1, -0.05) is 0 Å². The number of aliphatic carboxylic acids is 1. The van der Waals surface area contributed by atoms with Crippen LogP contribution in [0.15, 0.2) is 12.1 Å². The number of amides is 1. The maximum absolute atomic E-state index is 13.6. The summed E-state index contributed by atoms with van der Waals surface area (Å²) >= 11 is 0. The lowest BCUT2D eigenvalue weighted by atomic mass is 10.1. The van der Waals surface area contributed by atoms with Crippen LogP contribution in [0.4, 0.5) is 8.78 Å². The number of rotatable bonds is 5. The number of carboxylic acid groups (broad SMARTS) is 1. The SMILES string of the molecule is COc1c(F)ccc(F)c1C(=O)NCC1(C(=O)O)CC1. The second-order valence-corrected chi connectivity index (χ2v) is 4.71. The van der Waals surface area contributed by atoms with E-state index in [0.717, 1.165) is 19.2 Å². The highest BCUT2D eigenvalue weighted by molar-refractivity contribution is 5.97. The lowest BCUT2D eigenvalue weighted by Crippen LogP contribution is -2.34. The molecule has 0 aliphatic heterocycles. The molecular weight excluding hydrogens is 272 g/mol. The Morgan fingerprint density at radius 1 is 1.35 bits per heavy atom. The Balaban J connectivity index is 2.18. The minimum absolute atomic E-state index is 0.125. The molecule has 0 spiro atoms. The van der Waals surface area contributed by atoms with Crippen molar-refractivity contribution in [2.24, 2.45) is 5.41 Å². The van der Waals surface area contributed by atoms with E-state index in [1.54, 1.807) is 0 Å². The van der Waals surface area contributed by atoms with Crippen molar-refractivity contribution in [3.8, 4) is 5.75 Å². The lowest BCUT2D eigenvalue weighted by Gasteiger charge is -2.13. The summed E-state index contributed by atoms with van der Waals surface area (Å²) in [7, 11) is 1.12. The van der Waals surface area contributed by atoms with Gasteiger partial charge >= 0.3 is 5.97 Å². The first-order valence-corrected chi connectivity index (χ1v) is 5.95. The van der Waals surface area contributed by atoms with Gasteiger partial charge in [0.2, 0.25) is 0 Å². The van der Waals surface area contributed by atoms with Crippen molar-refractivity contribution in [2.75, 3.05) is 13.7 Å².